The number of hydrogen-bond donors (Lipinski definition) is 2. The van der Waals surface area contributed by atoms with Crippen molar-refractivity contribution in [2.75, 3.05) is 38.1 Å². The second kappa shape index (κ2) is 14.6. The molecule has 2 amide bonds. The van der Waals surface area contributed by atoms with Crippen molar-refractivity contribution in [2.45, 2.75) is 39.9 Å². The largest absolute Gasteiger partial charge is 0.313 e. The third-order valence-corrected chi connectivity index (χ3v) is 6.29. The van der Waals surface area contributed by atoms with Crippen LogP contribution in [-0.4, -0.2) is 61.1 Å². The van der Waals surface area contributed by atoms with Crippen LogP contribution in [0.4, 0.5) is 5.69 Å². The van der Waals surface area contributed by atoms with Gasteiger partial charge in [0.2, 0.25) is 5.91 Å². The van der Waals surface area contributed by atoms with Crippen molar-refractivity contribution >= 4 is 53.9 Å². The zero-order chi connectivity index (χ0) is 24.0. The normalized spacial score (nSPS) is 12.5. The number of carbonyl (C=O) groups is 2. The molecule has 0 spiro atoms. The van der Waals surface area contributed by atoms with Gasteiger partial charge in [0.25, 0.3) is 5.91 Å². The average molecular weight is 545 g/mol. The highest BCUT2D eigenvalue weighted by Gasteiger charge is 2.25. The molecular weight excluding hydrogens is 509 g/mol. The second-order valence-corrected chi connectivity index (χ2v) is 9.06. The van der Waals surface area contributed by atoms with Crippen molar-refractivity contribution < 1.29 is 9.59 Å². The molecule has 1 aliphatic heterocycles. The molecule has 2 aromatic carbocycles. The molecule has 194 valence electrons. The van der Waals surface area contributed by atoms with Crippen molar-refractivity contribution in [3.63, 3.8) is 0 Å². The summed E-state index contributed by atoms with van der Waals surface area (Å²) in [6.07, 6.45) is 0. The van der Waals surface area contributed by atoms with Crippen molar-refractivity contribution in [3.05, 3.63) is 64.2 Å². The monoisotopic (exact) mass is 543 g/mol. The Labute approximate surface area is 226 Å². The Morgan fingerprint density at radius 2 is 1.60 bits per heavy atom. The van der Waals surface area contributed by atoms with Crippen LogP contribution in [0.25, 0.3) is 0 Å². The zero-order valence-corrected chi connectivity index (χ0v) is 23.1. The first kappa shape index (κ1) is 31.2. The van der Waals surface area contributed by atoms with E-state index in [1.807, 2.05) is 42.3 Å². The molecule has 0 atom stereocenters. The summed E-state index contributed by atoms with van der Waals surface area (Å²) in [5, 5.41) is 10.7. The lowest BCUT2D eigenvalue weighted by Gasteiger charge is -2.28. The number of nitrogens with zero attached hydrogens (tertiary/aromatic N) is 3. The van der Waals surface area contributed by atoms with E-state index in [2.05, 4.69) is 36.6 Å². The van der Waals surface area contributed by atoms with E-state index in [1.165, 1.54) is 11.1 Å². The van der Waals surface area contributed by atoms with Gasteiger partial charge in [-0.25, -0.2) is 5.01 Å². The highest BCUT2D eigenvalue weighted by molar-refractivity contribution is 6.31. The van der Waals surface area contributed by atoms with Crippen LogP contribution in [0.2, 0.25) is 5.02 Å². The van der Waals surface area contributed by atoms with Crippen LogP contribution < -0.4 is 15.5 Å². The summed E-state index contributed by atoms with van der Waals surface area (Å²) in [4.78, 5) is 27.5. The molecule has 3 rings (SSSR count). The third-order valence-electron chi connectivity index (χ3n) is 5.88. The zero-order valence-electron chi connectivity index (χ0n) is 20.7. The Morgan fingerprint density at radius 1 is 1.00 bits per heavy atom. The van der Waals surface area contributed by atoms with Crippen LogP contribution in [-0.2, 0) is 22.7 Å². The summed E-state index contributed by atoms with van der Waals surface area (Å²) >= 11 is 6.30. The maximum absolute atomic E-state index is 13.1. The van der Waals surface area contributed by atoms with E-state index in [4.69, 9.17) is 11.6 Å². The standard InChI is InChI=1S/C25H34ClN5O2.2ClH/c1-18(2)28-12-13-31(23-11-7-10-22(26)19(23)3)25(33)15-27-14-24(32)29(4)30-16-20-8-5-6-9-21(20)17-30;;/h5-11,18,27-28H,12-17H2,1-4H3;2*1H. The second-order valence-electron chi connectivity index (χ2n) is 8.65. The minimum atomic E-state index is -0.102. The van der Waals surface area contributed by atoms with Gasteiger partial charge in [0.1, 0.15) is 0 Å². The van der Waals surface area contributed by atoms with E-state index in [-0.39, 0.29) is 49.7 Å². The minimum absolute atomic E-state index is 0. The van der Waals surface area contributed by atoms with E-state index in [0.29, 0.717) is 37.2 Å². The Bertz CT molecular complexity index is 964. The van der Waals surface area contributed by atoms with Crippen molar-refractivity contribution in [3.8, 4) is 0 Å². The molecule has 7 nitrogen and oxygen atoms in total. The van der Waals surface area contributed by atoms with Crippen LogP contribution in [0.3, 0.4) is 0 Å². The third kappa shape index (κ3) is 8.34. The van der Waals surface area contributed by atoms with Gasteiger partial charge < -0.3 is 10.2 Å². The molecule has 2 N–H and O–H groups in total. The molecule has 10 heteroatoms. The number of hydrazine groups is 1. The van der Waals surface area contributed by atoms with Crippen LogP contribution in [0.1, 0.15) is 30.5 Å². The Balaban J connectivity index is 0.00000306. The molecular formula is C25H36Cl3N5O2. The molecule has 35 heavy (non-hydrogen) atoms. The van der Waals surface area contributed by atoms with Gasteiger partial charge in [0.15, 0.2) is 0 Å². The van der Waals surface area contributed by atoms with Crippen molar-refractivity contribution in [1.29, 1.82) is 0 Å². The molecule has 0 fully saturated rings. The topological polar surface area (TPSA) is 67.9 Å². The van der Waals surface area contributed by atoms with E-state index in [9.17, 15) is 9.59 Å². The van der Waals surface area contributed by atoms with Gasteiger partial charge in [0.05, 0.1) is 13.1 Å². The van der Waals surface area contributed by atoms with Crippen LogP contribution in [0.15, 0.2) is 42.5 Å². The smallest absolute Gasteiger partial charge is 0.250 e. The number of nitrogens with one attached hydrogen (secondary N) is 2. The van der Waals surface area contributed by atoms with E-state index < -0.39 is 0 Å². The fraction of sp³-hybridized carbons (Fsp3) is 0.440. The van der Waals surface area contributed by atoms with Gasteiger partial charge >= 0.3 is 0 Å². The van der Waals surface area contributed by atoms with Gasteiger partial charge in [0, 0.05) is 50.0 Å². The number of amides is 2. The maximum atomic E-state index is 13.1. The average Bonchev–Trinajstić information content (AvgIpc) is 3.22. The molecule has 1 aliphatic rings. The Hall–Kier alpha value is -1.87. The number of hydrogen-bond acceptors (Lipinski definition) is 5. The predicted octanol–water partition coefficient (Wildman–Crippen LogP) is 3.80. The fourth-order valence-corrected chi connectivity index (χ4v) is 4.07. The van der Waals surface area contributed by atoms with Gasteiger partial charge in [-0.05, 0) is 35.7 Å². The van der Waals surface area contributed by atoms with Gasteiger partial charge in [-0.3, -0.25) is 19.9 Å². The quantitative estimate of drug-likeness (QED) is 0.476. The summed E-state index contributed by atoms with van der Waals surface area (Å²) in [5.41, 5.74) is 4.13. The number of benzene rings is 2. The molecule has 0 saturated heterocycles. The first-order valence-corrected chi connectivity index (χ1v) is 11.7. The summed E-state index contributed by atoms with van der Waals surface area (Å²) in [6, 6.07) is 14.1. The lowest BCUT2D eigenvalue weighted by atomic mass is 10.1. The van der Waals surface area contributed by atoms with Gasteiger partial charge in [-0.1, -0.05) is 55.8 Å². The van der Waals surface area contributed by atoms with Crippen LogP contribution in [0.5, 0.6) is 0 Å². The lowest BCUT2D eigenvalue weighted by molar-refractivity contribution is -0.145. The minimum Gasteiger partial charge on any atom is -0.313 e. The maximum Gasteiger partial charge on any atom is 0.250 e. The summed E-state index contributed by atoms with van der Waals surface area (Å²) < 4.78 is 0. The van der Waals surface area contributed by atoms with E-state index in [0.717, 1.165) is 11.3 Å². The van der Waals surface area contributed by atoms with E-state index >= 15 is 0 Å². The molecule has 0 saturated carbocycles. The first-order valence-electron chi connectivity index (χ1n) is 11.4. The highest BCUT2D eigenvalue weighted by Crippen LogP contribution is 2.26. The molecule has 1 heterocycles. The Kier molecular flexibility index (Phi) is 13.0. The number of fused-ring (bicyclic) bond motifs is 1. The highest BCUT2D eigenvalue weighted by atomic mass is 35.5. The number of halogens is 3. The number of carbonyl (C=O) groups excluding carboxylic acids is 2. The molecule has 2 aromatic rings. The molecule has 0 radical (unpaired) electrons. The summed E-state index contributed by atoms with van der Waals surface area (Å²) in [5.74, 6) is -0.183. The van der Waals surface area contributed by atoms with Gasteiger partial charge in [-0.15, -0.1) is 24.8 Å². The predicted molar refractivity (Wildman–Crippen MR) is 148 cm³/mol. The number of anilines is 1. The number of likely N-dealkylation sites (N-methyl/N-ethyl adjacent to an activating group) is 1. The summed E-state index contributed by atoms with van der Waals surface area (Å²) in [6.45, 7) is 8.79. The molecule has 0 bridgehead atoms. The van der Waals surface area contributed by atoms with Crippen LogP contribution in [0, 0.1) is 6.92 Å². The van der Waals surface area contributed by atoms with Crippen molar-refractivity contribution in [2.24, 2.45) is 0 Å². The lowest BCUT2D eigenvalue weighted by Crippen LogP contribution is -2.47. The van der Waals surface area contributed by atoms with Crippen LogP contribution >= 0.6 is 36.4 Å². The molecule has 0 aromatic heterocycles. The fourth-order valence-electron chi connectivity index (χ4n) is 3.90. The number of rotatable bonds is 10. The summed E-state index contributed by atoms with van der Waals surface area (Å²) in [7, 11) is 1.77. The Morgan fingerprint density at radius 3 is 2.20 bits per heavy atom. The first-order chi connectivity index (χ1) is 15.8. The molecule has 0 unspecified atom stereocenters. The van der Waals surface area contributed by atoms with Crippen molar-refractivity contribution in [1.82, 2.24) is 20.7 Å². The van der Waals surface area contributed by atoms with E-state index in [1.54, 1.807) is 17.0 Å². The SMILES string of the molecule is Cc1c(Cl)cccc1N(CCNC(C)C)C(=O)CNCC(=O)N(C)N1Cc2ccccc2C1.Cl.Cl. The molecule has 0 aliphatic carbocycles. The van der Waals surface area contributed by atoms with Gasteiger partial charge in [-0.2, -0.15) is 0 Å².